The number of carbonyl (C=O) groups is 1. The van der Waals surface area contributed by atoms with Gasteiger partial charge in [-0.1, -0.05) is 23.8 Å². The highest BCUT2D eigenvalue weighted by Gasteiger charge is 2.13. The van der Waals surface area contributed by atoms with E-state index in [4.69, 9.17) is 4.74 Å². The summed E-state index contributed by atoms with van der Waals surface area (Å²) in [6, 6.07) is 5.70. The molecule has 1 aromatic rings. The summed E-state index contributed by atoms with van der Waals surface area (Å²) >= 11 is 0. The zero-order valence-corrected chi connectivity index (χ0v) is 11.4. The van der Waals surface area contributed by atoms with Crippen LogP contribution in [0.1, 0.15) is 37.5 Å². The van der Waals surface area contributed by atoms with Crippen molar-refractivity contribution >= 4 is 12.0 Å². The maximum absolute atomic E-state index is 11.5. The summed E-state index contributed by atoms with van der Waals surface area (Å²) in [4.78, 5) is 11.5. The van der Waals surface area contributed by atoms with Crippen molar-refractivity contribution in [3.63, 3.8) is 0 Å². The van der Waals surface area contributed by atoms with Gasteiger partial charge in [-0.25, -0.2) is 4.79 Å². The molecule has 0 saturated heterocycles. The van der Waals surface area contributed by atoms with E-state index in [1.165, 1.54) is 6.08 Å². The van der Waals surface area contributed by atoms with E-state index in [-0.39, 0.29) is 12.6 Å². The van der Waals surface area contributed by atoms with Crippen LogP contribution in [0.15, 0.2) is 24.3 Å². The van der Waals surface area contributed by atoms with Crippen molar-refractivity contribution in [1.29, 1.82) is 0 Å². The lowest BCUT2D eigenvalue weighted by atomic mass is 10.0. The van der Waals surface area contributed by atoms with Gasteiger partial charge in [0.25, 0.3) is 0 Å². The van der Waals surface area contributed by atoms with Crippen LogP contribution in [-0.4, -0.2) is 16.7 Å². The summed E-state index contributed by atoms with van der Waals surface area (Å²) in [6.45, 7) is 7.39. The summed E-state index contributed by atoms with van der Waals surface area (Å²) < 4.78 is 5.17. The third kappa shape index (κ3) is 4.72. The van der Waals surface area contributed by atoms with Crippen LogP contribution in [0, 0.1) is 6.92 Å². The average Bonchev–Trinajstić information content (AvgIpc) is 2.24. The molecule has 98 valence electrons. The Balaban J connectivity index is 2.84. The summed E-state index contributed by atoms with van der Waals surface area (Å²) in [7, 11) is 0. The number of rotatable bonds is 3. The molecule has 0 aliphatic carbocycles. The lowest BCUT2D eigenvalue weighted by molar-refractivity contribution is -0.148. The summed E-state index contributed by atoms with van der Waals surface area (Å²) in [5.41, 5.74) is 2.22. The first kappa shape index (κ1) is 14.5. The van der Waals surface area contributed by atoms with Gasteiger partial charge in [0.1, 0.15) is 5.60 Å². The number of ether oxygens (including phenoxy) is 1. The van der Waals surface area contributed by atoms with Crippen molar-refractivity contribution in [2.75, 3.05) is 0 Å². The molecule has 18 heavy (non-hydrogen) atoms. The third-order valence-electron chi connectivity index (χ3n) is 2.28. The minimum Gasteiger partial charge on any atom is -0.457 e. The maximum atomic E-state index is 11.5. The van der Waals surface area contributed by atoms with Crippen molar-refractivity contribution in [2.45, 2.75) is 39.9 Å². The van der Waals surface area contributed by atoms with Gasteiger partial charge in [0.05, 0.1) is 6.61 Å². The number of aliphatic hydroxyl groups excluding tert-OH is 1. The van der Waals surface area contributed by atoms with E-state index < -0.39 is 5.60 Å². The Kier molecular flexibility index (Phi) is 4.68. The molecule has 1 N–H and O–H groups in total. The van der Waals surface area contributed by atoms with Gasteiger partial charge in [-0.2, -0.15) is 0 Å². The van der Waals surface area contributed by atoms with E-state index in [1.807, 2.05) is 45.9 Å². The Morgan fingerprint density at radius 3 is 2.61 bits per heavy atom. The van der Waals surface area contributed by atoms with E-state index in [1.54, 1.807) is 6.08 Å². The van der Waals surface area contributed by atoms with Crippen LogP contribution in [0.2, 0.25) is 0 Å². The molecule has 3 heteroatoms. The molecule has 0 aromatic heterocycles. The molecule has 1 aromatic carbocycles. The largest absolute Gasteiger partial charge is 0.457 e. The number of carbonyl (C=O) groups excluding carboxylic acids is 1. The highest BCUT2D eigenvalue weighted by atomic mass is 16.6. The number of esters is 1. The second kappa shape index (κ2) is 5.83. The zero-order chi connectivity index (χ0) is 13.8. The van der Waals surface area contributed by atoms with Gasteiger partial charge in [0, 0.05) is 6.08 Å². The van der Waals surface area contributed by atoms with Gasteiger partial charge in [0.15, 0.2) is 0 Å². The first-order chi connectivity index (χ1) is 8.31. The minimum atomic E-state index is -0.492. The topological polar surface area (TPSA) is 46.5 Å². The number of hydrogen-bond donors (Lipinski definition) is 1. The van der Waals surface area contributed by atoms with Crippen molar-refractivity contribution in [2.24, 2.45) is 0 Å². The highest BCUT2D eigenvalue weighted by Crippen LogP contribution is 2.14. The van der Waals surface area contributed by atoms with Gasteiger partial charge < -0.3 is 9.84 Å². The Hall–Kier alpha value is -1.61. The molecule has 0 heterocycles. The van der Waals surface area contributed by atoms with E-state index in [0.717, 1.165) is 16.7 Å². The van der Waals surface area contributed by atoms with Crippen LogP contribution >= 0.6 is 0 Å². The van der Waals surface area contributed by atoms with Gasteiger partial charge >= 0.3 is 5.97 Å². The fraction of sp³-hybridized carbons (Fsp3) is 0.400. The molecule has 0 amide bonds. The minimum absolute atomic E-state index is 0.0473. The highest BCUT2D eigenvalue weighted by molar-refractivity contribution is 5.87. The zero-order valence-electron chi connectivity index (χ0n) is 11.4. The molecule has 1 rings (SSSR count). The molecule has 0 fully saturated rings. The molecule has 0 aliphatic heterocycles. The van der Waals surface area contributed by atoms with Crippen molar-refractivity contribution in [3.05, 3.63) is 41.0 Å². The predicted molar refractivity (Wildman–Crippen MR) is 72.0 cm³/mol. The number of aryl methyl sites for hydroxylation is 1. The van der Waals surface area contributed by atoms with Crippen LogP contribution < -0.4 is 0 Å². The fourth-order valence-electron chi connectivity index (χ4n) is 1.51. The molecule has 0 bridgehead atoms. The number of aliphatic hydroxyl groups is 1. The Labute approximate surface area is 108 Å². The number of benzene rings is 1. The fourth-order valence-corrected chi connectivity index (χ4v) is 1.51. The van der Waals surface area contributed by atoms with Crippen LogP contribution in [0.3, 0.4) is 0 Å². The molecule has 0 saturated carbocycles. The molecule has 0 radical (unpaired) electrons. The average molecular weight is 248 g/mol. The molecule has 0 unspecified atom stereocenters. The molecule has 0 atom stereocenters. The first-order valence-corrected chi connectivity index (χ1v) is 5.93. The maximum Gasteiger partial charge on any atom is 0.331 e. The van der Waals surface area contributed by atoms with Crippen molar-refractivity contribution < 1.29 is 14.6 Å². The second-order valence-electron chi connectivity index (χ2n) is 5.23. The lowest BCUT2D eigenvalue weighted by Gasteiger charge is -2.18. The van der Waals surface area contributed by atoms with E-state index in [2.05, 4.69) is 0 Å². The Bertz CT molecular complexity index is 453. The Morgan fingerprint density at radius 1 is 1.39 bits per heavy atom. The third-order valence-corrected chi connectivity index (χ3v) is 2.28. The summed E-state index contributed by atoms with van der Waals surface area (Å²) in [5.74, 6) is -0.382. The quantitative estimate of drug-likeness (QED) is 0.661. The Morgan fingerprint density at radius 2 is 2.06 bits per heavy atom. The standard InChI is InChI=1S/C15H20O3/c1-11-5-6-13(10-16)12(9-11)7-8-14(17)18-15(2,3)4/h5-9,16H,10H2,1-4H3. The second-order valence-corrected chi connectivity index (χ2v) is 5.23. The smallest absolute Gasteiger partial charge is 0.331 e. The van der Waals surface area contributed by atoms with Gasteiger partial charge in [-0.3, -0.25) is 0 Å². The van der Waals surface area contributed by atoms with Crippen LogP contribution in [-0.2, 0) is 16.1 Å². The molecule has 3 nitrogen and oxygen atoms in total. The lowest BCUT2D eigenvalue weighted by Crippen LogP contribution is -2.22. The monoisotopic (exact) mass is 248 g/mol. The number of hydrogen-bond acceptors (Lipinski definition) is 3. The van der Waals surface area contributed by atoms with Crippen LogP contribution in [0.5, 0.6) is 0 Å². The SMILES string of the molecule is Cc1ccc(CO)c(C=CC(=O)OC(C)(C)C)c1. The summed E-state index contributed by atoms with van der Waals surface area (Å²) in [6.07, 6.45) is 3.06. The van der Waals surface area contributed by atoms with Gasteiger partial charge in [0.2, 0.25) is 0 Å². The first-order valence-electron chi connectivity index (χ1n) is 5.93. The molecule has 0 aliphatic rings. The van der Waals surface area contributed by atoms with Gasteiger partial charge in [-0.15, -0.1) is 0 Å². The molecular formula is C15H20O3. The van der Waals surface area contributed by atoms with Crippen molar-refractivity contribution in [1.82, 2.24) is 0 Å². The summed E-state index contributed by atoms with van der Waals surface area (Å²) in [5, 5.41) is 9.21. The van der Waals surface area contributed by atoms with E-state index in [9.17, 15) is 9.90 Å². The molecule has 0 spiro atoms. The molecular weight excluding hydrogens is 228 g/mol. The van der Waals surface area contributed by atoms with Crippen molar-refractivity contribution in [3.8, 4) is 0 Å². The predicted octanol–water partition coefficient (Wildman–Crippen LogP) is 2.84. The van der Waals surface area contributed by atoms with Crippen LogP contribution in [0.25, 0.3) is 6.08 Å². The van der Waals surface area contributed by atoms with E-state index >= 15 is 0 Å². The van der Waals surface area contributed by atoms with Crippen LogP contribution in [0.4, 0.5) is 0 Å². The van der Waals surface area contributed by atoms with Gasteiger partial charge in [-0.05, 0) is 44.9 Å². The van der Waals surface area contributed by atoms with E-state index in [0.29, 0.717) is 0 Å². The normalized spacial score (nSPS) is 11.8.